The summed E-state index contributed by atoms with van der Waals surface area (Å²) in [5, 5.41) is 4.47. The third-order valence-corrected chi connectivity index (χ3v) is 5.14. The average molecular weight is 341 g/mol. The van der Waals surface area contributed by atoms with Crippen LogP contribution >= 0.6 is 0 Å². The lowest BCUT2D eigenvalue weighted by molar-refractivity contribution is 0.666. The van der Waals surface area contributed by atoms with E-state index in [9.17, 15) is 0 Å². The third-order valence-electron chi connectivity index (χ3n) is 5.14. The first-order chi connectivity index (χ1) is 12.8. The number of hydrogen-bond acceptors (Lipinski definition) is 4. The molecule has 1 aliphatic rings. The number of para-hydroxylation sites is 1. The number of rotatable bonds is 4. The van der Waals surface area contributed by atoms with Gasteiger partial charge in [0.05, 0.1) is 0 Å². The van der Waals surface area contributed by atoms with Crippen LogP contribution in [0.25, 0.3) is 27.6 Å². The monoisotopic (exact) mass is 341 g/mol. The van der Waals surface area contributed by atoms with Crippen molar-refractivity contribution in [1.29, 1.82) is 0 Å². The van der Waals surface area contributed by atoms with Gasteiger partial charge in [0.1, 0.15) is 17.4 Å². The summed E-state index contributed by atoms with van der Waals surface area (Å²) in [5.74, 6) is 0.760. The zero-order valence-corrected chi connectivity index (χ0v) is 14.6. The van der Waals surface area contributed by atoms with Crippen molar-refractivity contribution in [2.75, 3.05) is 11.9 Å². The summed E-state index contributed by atoms with van der Waals surface area (Å²) in [6.07, 6.45) is 3.63. The molecule has 0 fully saturated rings. The lowest BCUT2D eigenvalue weighted by Gasteiger charge is -2.09. The van der Waals surface area contributed by atoms with Crippen molar-refractivity contribution in [3.8, 4) is 0 Å². The molecule has 5 rings (SSSR count). The van der Waals surface area contributed by atoms with Crippen LogP contribution in [0, 0.1) is 0 Å². The molecule has 128 valence electrons. The summed E-state index contributed by atoms with van der Waals surface area (Å²) in [6, 6.07) is 16.6. The van der Waals surface area contributed by atoms with Crippen LogP contribution < -0.4 is 5.32 Å². The van der Waals surface area contributed by atoms with Gasteiger partial charge in [-0.15, -0.1) is 0 Å². The molecule has 0 saturated heterocycles. The fourth-order valence-electron chi connectivity index (χ4n) is 3.89. The molecule has 1 aliphatic carbocycles. The highest BCUT2D eigenvalue weighted by Crippen LogP contribution is 2.35. The molecule has 0 amide bonds. The number of anilines is 1. The van der Waals surface area contributed by atoms with E-state index >= 15 is 0 Å². The minimum atomic E-state index is 0.728. The van der Waals surface area contributed by atoms with Gasteiger partial charge in [-0.05, 0) is 48.6 Å². The van der Waals surface area contributed by atoms with Crippen molar-refractivity contribution < 1.29 is 4.42 Å². The van der Waals surface area contributed by atoms with Gasteiger partial charge in [-0.25, -0.2) is 9.97 Å². The molecule has 0 bridgehead atoms. The summed E-state index contributed by atoms with van der Waals surface area (Å²) >= 11 is 0. The Labute approximate surface area is 151 Å². The molecule has 26 heavy (non-hydrogen) atoms. The Morgan fingerprint density at radius 2 is 1.88 bits per heavy atom. The number of hydrogen-bond donors (Lipinski definition) is 1. The standard InChI is InChI=1S/C22H19N3O/c1-14-12-15-6-2-3-7-17(15)16(14)10-11-23-22-21-20(24-13-25-22)18-8-4-5-9-19(18)26-21/h2-9,13H,10-12H2,1H3,(H,23,24,25). The van der Waals surface area contributed by atoms with Crippen LogP contribution in [0.5, 0.6) is 0 Å². The Bertz CT molecular complexity index is 1160. The second kappa shape index (κ2) is 5.99. The van der Waals surface area contributed by atoms with Crippen LogP contribution in [0.2, 0.25) is 0 Å². The van der Waals surface area contributed by atoms with Crippen LogP contribution in [-0.4, -0.2) is 16.5 Å². The summed E-state index contributed by atoms with van der Waals surface area (Å²) in [4.78, 5) is 8.80. The van der Waals surface area contributed by atoms with Gasteiger partial charge in [-0.1, -0.05) is 42.0 Å². The Hall–Kier alpha value is -3.14. The topological polar surface area (TPSA) is 51.0 Å². The maximum absolute atomic E-state index is 5.98. The largest absolute Gasteiger partial charge is 0.450 e. The zero-order chi connectivity index (χ0) is 17.5. The van der Waals surface area contributed by atoms with Crippen molar-refractivity contribution in [3.63, 3.8) is 0 Å². The first kappa shape index (κ1) is 15.1. The Morgan fingerprint density at radius 3 is 2.85 bits per heavy atom. The Kier molecular flexibility index (Phi) is 3.49. The van der Waals surface area contributed by atoms with Crippen LogP contribution in [0.1, 0.15) is 24.5 Å². The fourth-order valence-corrected chi connectivity index (χ4v) is 3.89. The van der Waals surface area contributed by atoms with Gasteiger partial charge in [0.25, 0.3) is 0 Å². The molecule has 0 saturated carbocycles. The normalized spacial score (nSPS) is 13.6. The van der Waals surface area contributed by atoms with Gasteiger partial charge < -0.3 is 9.73 Å². The molecular weight excluding hydrogens is 322 g/mol. The lowest BCUT2D eigenvalue weighted by atomic mass is 10.0. The summed E-state index contributed by atoms with van der Waals surface area (Å²) in [7, 11) is 0. The van der Waals surface area contributed by atoms with Gasteiger partial charge in [0.2, 0.25) is 0 Å². The second-order valence-corrected chi connectivity index (χ2v) is 6.77. The predicted octanol–water partition coefficient (Wildman–Crippen LogP) is 5.21. The number of benzene rings is 2. The van der Waals surface area contributed by atoms with Crippen molar-refractivity contribution in [3.05, 3.63) is 71.6 Å². The molecule has 0 unspecified atom stereocenters. The predicted molar refractivity (Wildman–Crippen MR) is 105 cm³/mol. The van der Waals surface area contributed by atoms with Crippen LogP contribution in [0.4, 0.5) is 5.82 Å². The number of fused-ring (bicyclic) bond motifs is 4. The number of nitrogens with one attached hydrogen (secondary N) is 1. The number of aromatic nitrogens is 2. The van der Waals surface area contributed by atoms with Gasteiger partial charge in [0.15, 0.2) is 11.4 Å². The molecule has 1 N–H and O–H groups in total. The Morgan fingerprint density at radius 1 is 1.04 bits per heavy atom. The number of allylic oxidation sites excluding steroid dienone is 1. The molecule has 4 aromatic rings. The second-order valence-electron chi connectivity index (χ2n) is 6.77. The van der Waals surface area contributed by atoms with Gasteiger partial charge >= 0.3 is 0 Å². The molecule has 2 aromatic carbocycles. The van der Waals surface area contributed by atoms with Crippen molar-refractivity contribution in [1.82, 2.24) is 9.97 Å². The highest BCUT2D eigenvalue weighted by Gasteiger charge is 2.18. The van der Waals surface area contributed by atoms with Gasteiger partial charge in [0, 0.05) is 11.9 Å². The van der Waals surface area contributed by atoms with E-state index in [0.717, 1.165) is 47.3 Å². The molecule has 2 heterocycles. The van der Waals surface area contributed by atoms with Gasteiger partial charge in [-0.3, -0.25) is 0 Å². The quantitative estimate of drug-likeness (QED) is 0.554. The van der Waals surface area contributed by atoms with E-state index in [1.807, 2.05) is 24.3 Å². The van der Waals surface area contributed by atoms with E-state index in [4.69, 9.17) is 4.42 Å². The maximum atomic E-state index is 5.98. The first-order valence-electron chi connectivity index (χ1n) is 8.94. The molecule has 0 aliphatic heterocycles. The molecule has 4 nitrogen and oxygen atoms in total. The third kappa shape index (κ3) is 2.37. The molecule has 2 aromatic heterocycles. The minimum Gasteiger partial charge on any atom is -0.450 e. The molecule has 0 radical (unpaired) electrons. The van der Waals surface area contributed by atoms with Gasteiger partial charge in [-0.2, -0.15) is 0 Å². The van der Waals surface area contributed by atoms with Crippen molar-refractivity contribution >= 4 is 33.5 Å². The van der Waals surface area contributed by atoms with Crippen LogP contribution in [0.15, 0.2) is 64.8 Å². The molecule has 0 spiro atoms. The zero-order valence-electron chi connectivity index (χ0n) is 14.6. The van der Waals surface area contributed by atoms with Crippen molar-refractivity contribution in [2.45, 2.75) is 19.8 Å². The van der Waals surface area contributed by atoms with E-state index in [1.54, 1.807) is 6.33 Å². The van der Waals surface area contributed by atoms with E-state index in [2.05, 4.69) is 46.5 Å². The fraction of sp³-hybridized carbons (Fsp3) is 0.182. The maximum Gasteiger partial charge on any atom is 0.196 e. The molecule has 4 heteroatoms. The summed E-state index contributed by atoms with van der Waals surface area (Å²) in [5.41, 5.74) is 8.16. The van der Waals surface area contributed by atoms with E-state index in [1.165, 1.54) is 22.3 Å². The van der Waals surface area contributed by atoms with E-state index in [-0.39, 0.29) is 0 Å². The Balaban J connectivity index is 1.40. The van der Waals surface area contributed by atoms with Crippen LogP contribution in [0.3, 0.4) is 0 Å². The molecule has 0 atom stereocenters. The lowest BCUT2D eigenvalue weighted by Crippen LogP contribution is -2.05. The SMILES string of the molecule is CC1=C(CCNc2ncnc3c2oc2ccccc23)c2ccccc2C1. The summed E-state index contributed by atoms with van der Waals surface area (Å²) < 4.78 is 5.98. The number of furan rings is 1. The highest BCUT2D eigenvalue weighted by molar-refractivity contribution is 6.05. The summed E-state index contributed by atoms with van der Waals surface area (Å²) in [6.45, 7) is 3.04. The average Bonchev–Trinajstić information content (AvgIpc) is 3.20. The highest BCUT2D eigenvalue weighted by atomic mass is 16.3. The van der Waals surface area contributed by atoms with E-state index in [0.29, 0.717) is 0 Å². The van der Waals surface area contributed by atoms with E-state index < -0.39 is 0 Å². The minimum absolute atomic E-state index is 0.728. The van der Waals surface area contributed by atoms with Crippen molar-refractivity contribution in [2.24, 2.45) is 0 Å². The molecular formula is C22H19N3O. The number of nitrogens with zero attached hydrogens (tertiary/aromatic N) is 2. The van der Waals surface area contributed by atoms with Crippen LogP contribution in [-0.2, 0) is 6.42 Å². The smallest absolute Gasteiger partial charge is 0.196 e. The first-order valence-corrected chi connectivity index (χ1v) is 8.94.